The number of allylic oxidation sites excluding steroid dienone is 3. The predicted octanol–water partition coefficient (Wildman–Crippen LogP) is 1.15. The molecule has 0 saturated heterocycles. The number of carbonyl (C=O) groups is 1. The van der Waals surface area contributed by atoms with E-state index in [1.165, 1.54) is 18.4 Å². The number of hydrogen-bond acceptors (Lipinski definition) is 2. The summed E-state index contributed by atoms with van der Waals surface area (Å²) in [6.45, 7) is 0. The number of carboxylic acid groups (broad SMARTS) is 1. The highest BCUT2D eigenvalue weighted by Crippen LogP contribution is 1.99. The van der Waals surface area contributed by atoms with Gasteiger partial charge in [0.25, 0.3) is 0 Å². The first kappa shape index (κ1) is 7.47. The summed E-state index contributed by atoms with van der Waals surface area (Å²) in [5, 5.41) is 8.55. The number of rotatable bonds is 1. The van der Waals surface area contributed by atoms with Crippen LogP contribution >= 0.6 is 0 Å². The minimum atomic E-state index is -0.942. The van der Waals surface area contributed by atoms with Gasteiger partial charge in [0.15, 0.2) is 0 Å². The van der Waals surface area contributed by atoms with Crippen LogP contribution in [0.1, 0.15) is 0 Å². The van der Waals surface area contributed by atoms with E-state index >= 15 is 0 Å². The molecular formula is C8H7NO2. The molecule has 0 bridgehead atoms. The molecule has 1 aliphatic heterocycles. The summed E-state index contributed by atoms with van der Waals surface area (Å²) in [5.74, 6) is -0.942. The summed E-state index contributed by atoms with van der Waals surface area (Å²) in [4.78, 5) is 14.2. The second-order valence-electron chi connectivity index (χ2n) is 1.93. The standard InChI is InChI=1S/C8H7NO2/c10-8(11)7-3-1-2-5-9-6-4-7/h1-6H,(H,10,11)/b2-1-,3-1?,5-2?,6-4?,7-3?,7-4?,9-5?,9-6?. The molecule has 0 amide bonds. The van der Waals surface area contributed by atoms with E-state index in [1.54, 1.807) is 18.4 Å². The number of carboxylic acids is 1. The first-order valence-corrected chi connectivity index (χ1v) is 3.10. The molecule has 0 radical (unpaired) electrons. The maximum Gasteiger partial charge on any atom is 0.335 e. The summed E-state index contributed by atoms with van der Waals surface area (Å²) in [7, 11) is 0. The van der Waals surface area contributed by atoms with Crippen molar-refractivity contribution in [2.45, 2.75) is 0 Å². The third-order valence-electron chi connectivity index (χ3n) is 1.15. The summed E-state index contributed by atoms with van der Waals surface area (Å²) in [5.41, 5.74) is 0.234. The lowest BCUT2D eigenvalue weighted by atomic mass is 10.2. The second kappa shape index (κ2) is 3.51. The minimum absolute atomic E-state index is 0.234. The lowest BCUT2D eigenvalue weighted by Crippen LogP contribution is -1.96. The van der Waals surface area contributed by atoms with Crippen LogP contribution in [0.5, 0.6) is 0 Å². The fourth-order valence-corrected chi connectivity index (χ4v) is 0.630. The van der Waals surface area contributed by atoms with Gasteiger partial charge in [-0.05, 0) is 18.2 Å². The number of hydrogen-bond donors (Lipinski definition) is 1. The molecule has 1 rings (SSSR count). The molecule has 0 saturated carbocycles. The van der Waals surface area contributed by atoms with Crippen molar-refractivity contribution in [3.63, 3.8) is 0 Å². The van der Waals surface area contributed by atoms with Gasteiger partial charge in [-0.2, -0.15) is 0 Å². The summed E-state index contributed by atoms with van der Waals surface area (Å²) < 4.78 is 0. The molecule has 0 spiro atoms. The molecule has 3 heteroatoms. The molecule has 3 nitrogen and oxygen atoms in total. The SMILES string of the molecule is O=C(O)C1=C/C=C\C=NC=C1. The van der Waals surface area contributed by atoms with E-state index in [1.807, 2.05) is 0 Å². The summed E-state index contributed by atoms with van der Waals surface area (Å²) >= 11 is 0. The van der Waals surface area contributed by atoms with Gasteiger partial charge in [-0.3, -0.25) is 4.99 Å². The molecule has 11 heavy (non-hydrogen) atoms. The Morgan fingerprint density at radius 3 is 3.00 bits per heavy atom. The van der Waals surface area contributed by atoms with Crippen molar-refractivity contribution in [1.82, 2.24) is 0 Å². The first-order valence-electron chi connectivity index (χ1n) is 3.10. The van der Waals surface area contributed by atoms with Crippen LogP contribution in [0.4, 0.5) is 0 Å². The quantitative estimate of drug-likeness (QED) is 0.608. The van der Waals surface area contributed by atoms with Crippen molar-refractivity contribution in [2.75, 3.05) is 0 Å². The lowest BCUT2D eigenvalue weighted by Gasteiger charge is -1.91. The van der Waals surface area contributed by atoms with Gasteiger partial charge in [0.05, 0.1) is 5.57 Å². The maximum absolute atomic E-state index is 10.4. The Kier molecular flexibility index (Phi) is 2.38. The van der Waals surface area contributed by atoms with Crippen LogP contribution in [0.15, 0.2) is 41.1 Å². The smallest absolute Gasteiger partial charge is 0.335 e. The highest BCUT2D eigenvalue weighted by atomic mass is 16.4. The predicted molar refractivity (Wildman–Crippen MR) is 42.5 cm³/mol. The zero-order valence-corrected chi connectivity index (χ0v) is 5.77. The van der Waals surface area contributed by atoms with Gasteiger partial charge in [0.1, 0.15) is 0 Å². The van der Waals surface area contributed by atoms with E-state index in [0.29, 0.717) is 0 Å². The molecular weight excluding hydrogens is 142 g/mol. The van der Waals surface area contributed by atoms with Crippen LogP contribution in [0.2, 0.25) is 0 Å². The van der Waals surface area contributed by atoms with Crippen LogP contribution in [-0.4, -0.2) is 17.3 Å². The van der Waals surface area contributed by atoms with E-state index in [4.69, 9.17) is 5.11 Å². The molecule has 0 aromatic rings. The van der Waals surface area contributed by atoms with Crippen molar-refractivity contribution >= 4 is 12.2 Å². The molecule has 0 aliphatic carbocycles. The van der Waals surface area contributed by atoms with Crippen LogP contribution in [0.3, 0.4) is 0 Å². The highest BCUT2D eigenvalue weighted by Gasteiger charge is 2.00. The van der Waals surface area contributed by atoms with Crippen LogP contribution in [0.25, 0.3) is 0 Å². The van der Waals surface area contributed by atoms with Crippen molar-refractivity contribution in [3.8, 4) is 0 Å². The van der Waals surface area contributed by atoms with Crippen molar-refractivity contribution < 1.29 is 9.90 Å². The molecule has 0 fully saturated rings. The zero-order chi connectivity index (χ0) is 8.10. The van der Waals surface area contributed by atoms with E-state index < -0.39 is 5.97 Å². The van der Waals surface area contributed by atoms with Crippen LogP contribution in [-0.2, 0) is 4.79 Å². The van der Waals surface area contributed by atoms with E-state index in [2.05, 4.69) is 4.99 Å². The third kappa shape index (κ3) is 2.21. The topological polar surface area (TPSA) is 49.7 Å². The van der Waals surface area contributed by atoms with Gasteiger partial charge in [-0.25, -0.2) is 4.79 Å². The van der Waals surface area contributed by atoms with Gasteiger partial charge in [0.2, 0.25) is 0 Å². The molecule has 56 valence electrons. The Hall–Kier alpha value is -1.64. The number of nitrogens with zero attached hydrogens (tertiary/aromatic N) is 1. The van der Waals surface area contributed by atoms with Crippen molar-refractivity contribution in [3.05, 3.63) is 36.1 Å². The van der Waals surface area contributed by atoms with Gasteiger partial charge in [-0.1, -0.05) is 6.08 Å². The maximum atomic E-state index is 10.4. The van der Waals surface area contributed by atoms with Crippen molar-refractivity contribution in [1.29, 1.82) is 0 Å². The average Bonchev–Trinajstić information content (AvgIpc) is 1.84. The second-order valence-corrected chi connectivity index (χ2v) is 1.93. The number of aliphatic imine (C=N–C) groups is 1. The molecule has 0 aromatic heterocycles. The Bertz CT molecular complexity index is 272. The normalized spacial score (nSPS) is 18.4. The summed E-state index contributed by atoms with van der Waals surface area (Å²) in [6.07, 6.45) is 9.31. The molecule has 0 unspecified atom stereocenters. The van der Waals surface area contributed by atoms with E-state index in [0.717, 1.165) is 0 Å². The average molecular weight is 149 g/mol. The van der Waals surface area contributed by atoms with Gasteiger partial charge in [0, 0.05) is 12.4 Å². The van der Waals surface area contributed by atoms with E-state index in [9.17, 15) is 4.79 Å². The monoisotopic (exact) mass is 149 g/mol. The molecule has 1 aliphatic rings. The fourth-order valence-electron chi connectivity index (χ4n) is 0.630. The van der Waals surface area contributed by atoms with E-state index in [-0.39, 0.29) is 5.57 Å². The Labute approximate surface area is 64.1 Å². The minimum Gasteiger partial charge on any atom is -0.478 e. The first-order chi connectivity index (χ1) is 5.30. The van der Waals surface area contributed by atoms with Gasteiger partial charge in [-0.15, -0.1) is 0 Å². The van der Waals surface area contributed by atoms with Gasteiger partial charge >= 0.3 is 5.97 Å². The Morgan fingerprint density at radius 2 is 2.27 bits per heavy atom. The van der Waals surface area contributed by atoms with Crippen LogP contribution < -0.4 is 0 Å². The highest BCUT2D eigenvalue weighted by molar-refractivity contribution is 5.90. The Balaban J connectivity index is 2.87. The molecule has 0 aromatic carbocycles. The summed E-state index contributed by atoms with van der Waals surface area (Å²) in [6, 6.07) is 0. The fraction of sp³-hybridized carbons (Fsp3) is 0. The largest absolute Gasteiger partial charge is 0.478 e. The van der Waals surface area contributed by atoms with Gasteiger partial charge < -0.3 is 5.11 Å². The lowest BCUT2D eigenvalue weighted by molar-refractivity contribution is -0.132. The molecule has 1 heterocycles. The van der Waals surface area contributed by atoms with Crippen molar-refractivity contribution in [2.24, 2.45) is 4.99 Å². The zero-order valence-electron chi connectivity index (χ0n) is 5.77. The molecule has 0 atom stereocenters. The third-order valence-corrected chi connectivity index (χ3v) is 1.15. The molecule has 1 N–H and O–H groups in total. The van der Waals surface area contributed by atoms with Crippen LogP contribution in [0, 0.1) is 0 Å². The Morgan fingerprint density at radius 1 is 1.45 bits per heavy atom. The number of aliphatic carboxylic acids is 1.